The van der Waals surface area contributed by atoms with Crippen LogP contribution in [0.15, 0.2) is 48.5 Å². The summed E-state index contributed by atoms with van der Waals surface area (Å²) in [7, 11) is 0. The Morgan fingerprint density at radius 1 is 1.03 bits per heavy atom. The molecular formula is C23H24N4O3. The lowest BCUT2D eigenvalue weighted by Crippen LogP contribution is -2.40. The minimum atomic E-state index is -1.18. The Morgan fingerprint density at radius 3 is 2.47 bits per heavy atom. The van der Waals surface area contributed by atoms with E-state index in [4.69, 9.17) is 0 Å². The lowest BCUT2D eigenvalue weighted by atomic mass is 9.87. The molecule has 0 bridgehead atoms. The number of hydrogen-bond acceptors (Lipinski definition) is 3. The van der Waals surface area contributed by atoms with Gasteiger partial charge in [-0.15, -0.1) is 0 Å². The average molecular weight is 404 g/mol. The van der Waals surface area contributed by atoms with Gasteiger partial charge in [0, 0.05) is 16.6 Å². The summed E-state index contributed by atoms with van der Waals surface area (Å²) in [6.45, 7) is 8.06. The van der Waals surface area contributed by atoms with Crippen LogP contribution in [0.2, 0.25) is 0 Å². The molecular weight excluding hydrogens is 380 g/mol. The minimum Gasteiger partial charge on any atom is -0.351 e. The molecule has 7 heteroatoms. The van der Waals surface area contributed by atoms with Gasteiger partial charge in [-0.05, 0) is 47.7 Å². The van der Waals surface area contributed by atoms with Gasteiger partial charge in [0.05, 0.1) is 0 Å². The maximum atomic E-state index is 12.8. The van der Waals surface area contributed by atoms with E-state index in [-0.39, 0.29) is 11.3 Å². The molecule has 1 aliphatic heterocycles. The van der Waals surface area contributed by atoms with E-state index in [0.29, 0.717) is 16.9 Å². The van der Waals surface area contributed by atoms with Crippen molar-refractivity contribution in [1.82, 2.24) is 15.6 Å². The molecule has 1 aromatic heterocycles. The molecule has 1 saturated heterocycles. The number of carbonyl (C=O) groups is 3. The van der Waals surface area contributed by atoms with Gasteiger partial charge in [-0.2, -0.15) is 0 Å². The molecule has 1 aliphatic rings. The van der Waals surface area contributed by atoms with Crippen molar-refractivity contribution < 1.29 is 14.4 Å². The molecule has 4 amide bonds. The first kappa shape index (κ1) is 19.7. The average Bonchev–Trinajstić information content (AvgIpc) is 3.21. The van der Waals surface area contributed by atoms with Crippen LogP contribution in [0.4, 0.5) is 10.5 Å². The number of fused-ring (bicyclic) bond motifs is 1. The zero-order valence-electron chi connectivity index (χ0n) is 17.3. The van der Waals surface area contributed by atoms with Gasteiger partial charge in [0.25, 0.3) is 11.8 Å². The molecule has 2 heterocycles. The standard InChI is InChI=1S/C23H24N4O3/c1-22(2,3)14-9-8-13-10-18(25-17(13)12-14)19(28)24-16-7-5-6-15(11-16)23(4)20(29)26-21(30)27-23/h5-12,25H,1-4H3,(H,24,28)(H2,26,27,29,30). The third kappa shape index (κ3) is 3.43. The fourth-order valence-corrected chi connectivity index (χ4v) is 3.57. The number of H-pyrrole nitrogens is 1. The van der Waals surface area contributed by atoms with Crippen molar-refractivity contribution in [2.24, 2.45) is 0 Å². The summed E-state index contributed by atoms with van der Waals surface area (Å²) < 4.78 is 0. The van der Waals surface area contributed by atoms with Crippen LogP contribution in [0, 0.1) is 0 Å². The van der Waals surface area contributed by atoms with Crippen molar-refractivity contribution in [2.75, 3.05) is 5.32 Å². The summed E-state index contributed by atoms with van der Waals surface area (Å²) in [5.74, 6) is -0.716. The van der Waals surface area contributed by atoms with Crippen molar-refractivity contribution in [3.8, 4) is 0 Å². The van der Waals surface area contributed by atoms with Crippen molar-refractivity contribution in [3.63, 3.8) is 0 Å². The minimum absolute atomic E-state index is 0.0141. The van der Waals surface area contributed by atoms with Crippen molar-refractivity contribution >= 4 is 34.4 Å². The molecule has 1 fully saturated rings. The van der Waals surface area contributed by atoms with E-state index in [9.17, 15) is 14.4 Å². The van der Waals surface area contributed by atoms with Gasteiger partial charge < -0.3 is 15.6 Å². The van der Waals surface area contributed by atoms with Crippen LogP contribution >= 0.6 is 0 Å². The molecule has 4 N–H and O–H groups in total. The van der Waals surface area contributed by atoms with E-state index < -0.39 is 17.5 Å². The molecule has 1 atom stereocenters. The molecule has 2 aromatic carbocycles. The van der Waals surface area contributed by atoms with Crippen molar-refractivity contribution in [3.05, 3.63) is 65.4 Å². The molecule has 7 nitrogen and oxygen atoms in total. The molecule has 154 valence electrons. The number of amides is 4. The summed E-state index contributed by atoms with van der Waals surface area (Å²) >= 11 is 0. The van der Waals surface area contributed by atoms with E-state index in [2.05, 4.69) is 53.8 Å². The van der Waals surface area contributed by atoms with E-state index in [1.165, 1.54) is 5.56 Å². The number of hydrogen-bond donors (Lipinski definition) is 4. The van der Waals surface area contributed by atoms with Crippen LogP contribution in [0.5, 0.6) is 0 Å². The monoisotopic (exact) mass is 404 g/mol. The van der Waals surface area contributed by atoms with Gasteiger partial charge >= 0.3 is 6.03 Å². The number of aromatic nitrogens is 1. The smallest absolute Gasteiger partial charge is 0.322 e. The molecule has 3 aromatic rings. The number of benzene rings is 2. The molecule has 0 aliphatic carbocycles. The van der Waals surface area contributed by atoms with Gasteiger partial charge in [0.1, 0.15) is 11.2 Å². The lowest BCUT2D eigenvalue weighted by Gasteiger charge is -2.21. The predicted octanol–water partition coefficient (Wildman–Crippen LogP) is 3.77. The fraction of sp³-hybridized carbons (Fsp3) is 0.261. The van der Waals surface area contributed by atoms with Gasteiger partial charge in [-0.1, -0.05) is 45.0 Å². The second-order valence-corrected chi connectivity index (χ2v) is 8.80. The highest BCUT2D eigenvalue weighted by Crippen LogP contribution is 2.28. The van der Waals surface area contributed by atoms with Gasteiger partial charge in [0.2, 0.25) is 0 Å². The Morgan fingerprint density at radius 2 is 1.80 bits per heavy atom. The Labute approximate surface area is 174 Å². The lowest BCUT2D eigenvalue weighted by molar-refractivity contribution is -0.123. The SMILES string of the molecule is CC(C)(C)c1ccc2cc(C(=O)Nc3cccc(C4(C)NC(=O)NC4=O)c3)[nH]c2c1. The largest absolute Gasteiger partial charge is 0.351 e. The first-order chi connectivity index (χ1) is 14.1. The molecule has 4 rings (SSSR count). The first-order valence-electron chi connectivity index (χ1n) is 9.75. The second-order valence-electron chi connectivity index (χ2n) is 8.80. The summed E-state index contributed by atoms with van der Waals surface area (Å²) in [6, 6.07) is 14.3. The van der Waals surface area contributed by atoms with Crippen LogP contribution in [-0.2, 0) is 15.7 Å². The highest BCUT2D eigenvalue weighted by molar-refractivity contribution is 6.08. The fourth-order valence-electron chi connectivity index (χ4n) is 3.57. The molecule has 0 radical (unpaired) electrons. The summed E-state index contributed by atoms with van der Waals surface area (Å²) in [6.07, 6.45) is 0. The number of imide groups is 1. The Balaban J connectivity index is 1.59. The Hall–Kier alpha value is -3.61. The highest BCUT2D eigenvalue weighted by Gasteiger charge is 2.43. The summed E-state index contributed by atoms with van der Waals surface area (Å²) in [4.78, 5) is 39.7. The number of aromatic amines is 1. The summed E-state index contributed by atoms with van der Waals surface area (Å²) in [5, 5.41) is 8.68. The number of rotatable bonds is 3. The maximum Gasteiger partial charge on any atom is 0.322 e. The highest BCUT2D eigenvalue weighted by atomic mass is 16.2. The van der Waals surface area contributed by atoms with E-state index in [1.54, 1.807) is 31.2 Å². The third-order valence-corrected chi connectivity index (χ3v) is 5.48. The zero-order valence-corrected chi connectivity index (χ0v) is 17.3. The van der Waals surface area contributed by atoms with Crippen LogP contribution in [0.3, 0.4) is 0 Å². The quantitative estimate of drug-likeness (QED) is 0.500. The number of anilines is 1. The van der Waals surface area contributed by atoms with E-state index in [1.807, 2.05) is 12.1 Å². The van der Waals surface area contributed by atoms with Crippen LogP contribution < -0.4 is 16.0 Å². The molecule has 30 heavy (non-hydrogen) atoms. The van der Waals surface area contributed by atoms with Crippen LogP contribution in [0.1, 0.15) is 49.3 Å². The third-order valence-electron chi connectivity index (χ3n) is 5.48. The normalized spacial score (nSPS) is 18.9. The van der Waals surface area contributed by atoms with Crippen molar-refractivity contribution in [2.45, 2.75) is 38.6 Å². The number of carbonyl (C=O) groups excluding carboxylic acids is 3. The molecule has 0 spiro atoms. The van der Waals surface area contributed by atoms with E-state index in [0.717, 1.165) is 10.9 Å². The zero-order chi connectivity index (χ0) is 21.7. The number of urea groups is 1. The second kappa shape index (κ2) is 6.73. The topological polar surface area (TPSA) is 103 Å². The van der Waals surface area contributed by atoms with Gasteiger partial charge in [-0.25, -0.2) is 4.79 Å². The maximum absolute atomic E-state index is 12.8. The van der Waals surface area contributed by atoms with Gasteiger partial charge in [0.15, 0.2) is 0 Å². The Bertz CT molecular complexity index is 1190. The first-order valence-corrected chi connectivity index (χ1v) is 9.75. The van der Waals surface area contributed by atoms with Crippen LogP contribution in [0.25, 0.3) is 10.9 Å². The van der Waals surface area contributed by atoms with Gasteiger partial charge in [-0.3, -0.25) is 14.9 Å². The predicted molar refractivity (Wildman–Crippen MR) is 115 cm³/mol. The van der Waals surface area contributed by atoms with E-state index >= 15 is 0 Å². The Kier molecular flexibility index (Phi) is 4.42. The van der Waals surface area contributed by atoms with Crippen LogP contribution in [-0.4, -0.2) is 22.8 Å². The van der Waals surface area contributed by atoms with Crippen molar-refractivity contribution in [1.29, 1.82) is 0 Å². The number of nitrogens with one attached hydrogen (secondary N) is 4. The molecule has 0 saturated carbocycles. The summed E-state index contributed by atoms with van der Waals surface area (Å²) in [5.41, 5.74) is 2.47. The molecule has 1 unspecified atom stereocenters.